The molecule has 7 nitrogen and oxygen atoms in total. The van der Waals surface area contributed by atoms with Gasteiger partial charge in [-0.05, 0) is 6.92 Å². The van der Waals surface area contributed by atoms with Crippen molar-refractivity contribution in [1.82, 2.24) is 25.1 Å². The number of hydrogen-bond donors (Lipinski definition) is 3. The number of aryl methyl sites for hydroxylation is 1. The first-order chi connectivity index (χ1) is 9.13. The first-order valence-electron chi connectivity index (χ1n) is 5.72. The second-order valence-electron chi connectivity index (χ2n) is 4.00. The summed E-state index contributed by atoms with van der Waals surface area (Å²) in [6, 6.07) is 0. The number of carbonyl (C=O) groups excluding carboxylic acids is 1. The van der Waals surface area contributed by atoms with Crippen molar-refractivity contribution in [2.45, 2.75) is 13.5 Å². The molecule has 0 atom stereocenters. The Morgan fingerprint density at radius 2 is 2.37 bits per heavy atom. The fraction of sp³-hybridized carbons (Fsp3) is 0.364. The number of amides is 1. The summed E-state index contributed by atoms with van der Waals surface area (Å²) in [5, 5.41) is 15.9. The Balaban J connectivity index is 2.19. The first kappa shape index (κ1) is 13.6. The van der Waals surface area contributed by atoms with Crippen LogP contribution in [-0.2, 0) is 6.54 Å². The van der Waals surface area contributed by atoms with Gasteiger partial charge in [-0.15, -0.1) is 0 Å². The largest absolute Gasteiger partial charge is 0.395 e. The van der Waals surface area contributed by atoms with E-state index in [4.69, 9.17) is 16.7 Å². The van der Waals surface area contributed by atoms with Crippen LogP contribution in [0.15, 0.2) is 12.4 Å². The zero-order chi connectivity index (χ0) is 13.8. The molecule has 102 valence electrons. The highest BCUT2D eigenvalue weighted by molar-refractivity contribution is 6.34. The van der Waals surface area contributed by atoms with Crippen LogP contribution in [0, 0.1) is 6.92 Å². The zero-order valence-electron chi connectivity index (χ0n) is 10.4. The summed E-state index contributed by atoms with van der Waals surface area (Å²) in [6.45, 7) is 2.03. The number of hydrogen-bond acceptors (Lipinski definition) is 4. The van der Waals surface area contributed by atoms with Crippen molar-refractivity contribution >= 4 is 17.5 Å². The molecule has 2 aromatic rings. The molecular weight excluding hydrogens is 270 g/mol. The lowest BCUT2D eigenvalue weighted by molar-refractivity contribution is 0.0697. The van der Waals surface area contributed by atoms with E-state index in [0.29, 0.717) is 16.5 Å². The van der Waals surface area contributed by atoms with E-state index < -0.39 is 0 Å². The van der Waals surface area contributed by atoms with Gasteiger partial charge in [0.1, 0.15) is 5.82 Å². The van der Waals surface area contributed by atoms with Crippen LogP contribution < -0.4 is 0 Å². The van der Waals surface area contributed by atoms with Gasteiger partial charge >= 0.3 is 0 Å². The molecule has 1 amide bonds. The van der Waals surface area contributed by atoms with Crippen molar-refractivity contribution in [3.8, 4) is 0 Å². The van der Waals surface area contributed by atoms with Crippen LogP contribution in [0.3, 0.4) is 0 Å². The standard InChI is InChI=1S/C11H14ClN5O2/c1-7-9(12)10(16-15-7)11(19)17(4-5-18)6-8-13-2-3-14-8/h2-3,18H,4-6H2,1H3,(H,13,14)(H,15,16). The van der Waals surface area contributed by atoms with Gasteiger partial charge in [0, 0.05) is 18.9 Å². The lowest BCUT2D eigenvalue weighted by Crippen LogP contribution is -2.34. The van der Waals surface area contributed by atoms with Crippen molar-refractivity contribution in [2.24, 2.45) is 0 Å². The van der Waals surface area contributed by atoms with E-state index in [1.165, 1.54) is 4.90 Å². The Hall–Kier alpha value is -1.86. The average Bonchev–Trinajstić information content (AvgIpc) is 3.00. The minimum atomic E-state index is -0.347. The molecule has 0 aliphatic carbocycles. The Bertz CT molecular complexity index is 551. The van der Waals surface area contributed by atoms with E-state index in [2.05, 4.69) is 20.2 Å². The molecule has 0 bridgehead atoms. The molecule has 2 rings (SSSR count). The molecular formula is C11H14ClN5O2. The highest BCUT2D eigenvalue weighted by Gasteiger charge is 2.22. The smallest absolute Gasteiger partial charge is 0.276 e. The highest BCUT2D eigenvalue weighted by atomic mass is 35.5. The van der Waals surface area contributed by atoms with Crippen molar-refractivity contribution in [3.63, 3.8) is 0 Å². The Morgan fingerprint density at radius 1 is 1.58 bits per heavy atom. The Labute approximate surface area is 114 Å². The Morgan fingerprint density at radius 3 is 2.89 bits per heavy atom. The number of nitrogens with one attached hydrogen (secondary N) is 2. The highest BCUT2D eigenvalue weighted by Crippen LogP contribution is 2.19. The van der Waals surface area contributed by atoms with Crippen LogP contribution in [0.25, 0.3) is 0 Å². The van der Waals surface area contributed by atoms with Crippen molar-refractivity contribution in [2.75, 3.05) is 13.2 Å². The summed E-state index contributed by atoms with van der Waals surface area (Å²) in [6.07, 6.45) is 3.27. The fourth-order valence-electron chi connectivity index (χ4n) is 1.65. The maximum atomic E-state index is 12.3. The van der Waals surface area contributed by atoms with Crippen LogP contribution >= 0.6 is 11.6 Å². The number of halogens is 1. The summed E-state index contributed by atoms with van der Waals surface area (Å²) in [7, 11) is 0. The minimum absolute atomic E-state index is 0.145. The number of aromatic amines is 2. The monoisotopic (exact) mass is 283 g/mol. The molecule has 2 heterocycles. The predicted octanol–water partition coefficient (Wildman–Crippen LogP) is 0.729. The van der Waals surface area contributed by atoms with Crippen molar-refractivity contribution in [1.29, 1.82) is 0 Å². The van der Waals surface area contributed by atoms with Crippen LogP contribution in [0.4, 0.5) is 0 Å². The van der Waals surface area contributed by atoms with E-state index in [9.17, 15) is 4.79 Å². The number of aromatic nitrogens is 4. The third kappa shape index (κ3) is 2.94. The Kier molecular flexibility index (Phi) is 4.18. The third-order valence-electron chi connectivity index (χ3n) is 2.63. The lowest BCUT2D eigenvalue weighted by atomic mass is 10.3. The van der Waals surface area contributed by atoms with E-state index in [-0.39, 0.29) is 31.3 Å². The van der Waals surface area contributed by atoms with Gasteiger partial charge < -0.3 is 15.0 Å². The number of nitrogens with zero attached hydrogens (tertiary/aromatic N) is 3. The van der Waals surface area contributed by atoms with E-state index in [0.717, 1.165) is 0 Å². The number of rotatable bonds is 5. The lowest BCUT2D eigenvalue weighted by Gasteiger charge is -2.19. The quantitative estimate of drug-likeness (QED) is 0.753. The third-order valence-corrected chi connectivity index (χ3v) is 3.09. The van der Waals surface area contributed by atoms with Crippen LogP contribution in [0.2, 0.25) is 5.02 Å². The van der Waals surface area contributed by atoms with Crippen LogP contribution in [0.1, 0.15) is 22.0 Å². The molecule has 8 heteroatoms. The van der Waals surface area contributed by atoms with Gasteiger partial charge in [0.25, 0.3) is 5.91 Å². The second-order valence-corrected chi connectivity index (χ2v) is 4.38. The van der Waals surface area contributed by atoms with Gasteiger partial charge in [0.15, 0.2) is 5.69 Å². The van der Waals surface area contributed by atoms with Gasteiger partial charge in [-0.1, -0.05) is 11.6 Å². The molecule has 0 radical (unpaired) electrons. The van der Waals surface area contributed by atoms with E-state index >= 15 is 0 Å². The number of aliphatic hydroxyl groups is 1. The maximum absolute atomic E-state index is 12.3. The molecule has 0 fully saturated rings. The van der Waals surface area contributed by atoms with Crippen molar-refractivity contribution in [3.05, 3.63) is 34.6 Å². The molecule has 2 aromatic heterocycles. The molecule has 0 saturated heterocycles. The SMILES string of the molecule is Cc1[nH]nc(C(=O)N(CCO)Cc2ncc[nH]2)c1Cl. The summed E-state index contributed by atoms with van der Waals surface area (Å²) in [5.41, 5.74) is 0.783. The van der Waals surface area contributed by atoms with E-state index in [1.54, 1.807) is 19.3 Å². The van der Waals surface area contributed by atoms with Crippen molar-refractivity contribution < 1.29 is 9.90 Å². The van der Waals surface area contributed by atoms with Gasteiger partial charge in [-0.25, -0.2) is 4.98 Å². The molecule has 0 aromatic carbocycles. The zero-order valence-corrected chi connectivity index (χ0v) is 11.1. The number of aliphatic hydroxyl groups excluding tert-OH is 1. The number of H-pyrrole nitrogens is 2. The second kappa shape index (κ2) is 5.85. The van der Waals surface area contributed by atoms with Gasteiger partial charge in [-0.2, -0.15) is 5.10 Å². The van der Waals surface area contributed by atoms with E-state index in [1.807, 2.05) is 0 Å². The normalized spacial score (nSPS) is 10.7. The summed E-state index contributed by atoms with van der Waals surface area (Å²) >= 11 is 6.00. The molecule has 0 unspecified atom stereocenters. The maximum Gasteiger partial charge on any atom is 0.276 e. The summed E-state index contributed by atoms with van der Waals surface area (Å²) < 4.78 is 0. The number of carbonyl (C=O) groups is 1. The molecule has 0 aliphatic rings. The molecule has 19 heavy (non-hydrogen) atoms. The van der Waals surface area contributed by atoms with Gasteiger partial charge in [-0.3, -0.25) is 9.89 Å². The summed E-state index contributed by atoms with van der Waals surface area (Å²) in [5.74, 6) is 0.282. The van der Waals surface area contributed by atoms with Crippen LogP contribution in [0.5, 0.6) is 0 Å². The summed E-state index contributed by atoms with van der Waals surface area (Å²) in [4.78, 5) is 20.7. The number of imidazole rings is 1. The predicted molar refractivity (Wildman–Crippen MR) is 68.7 cm³/mol. The fourth-order valence-corrected chi connectivity index (χ4v) is 1.81. The van der Waals surface area contributed by atoms with Crippen LogP contribution in [-0.4, -0.2) is 49.2 Å². The first-order valence-corrected chi connectivity index (χ1v) is 6.10. The topological polar surface area (TPSA) is 97.9 Å². The van der Waals surface area contributed by atoms with Gasteiger partial charge in [0.05, 0.1) is 23.9 Å². The molecule has 0 spiro atoms. The molecule has 3 N–H and O–H groups in total. The van der Waals surface area contributed by atoms with Gasteiger partial charge in [0.2, 0.25) is 0 Å². The minimum Gasteiger partial charge on any atom is -0.395 e. The molecule has 0 aliphatic heterocycles. The molecule has 0 saturated carbocycles. The average molecular weight is 284 g/mol.